The quantitative estimate of drug-likeness (QED) is 0.0554. The number of cyclic esters (lactones) is 5. The number of nitrogens with one attached hydrogen (secondary N) is 3. The smallest absolute Gasteiger partial charge is 0.362 e. The molecular weight excluding hydrogens is 991 g/mol. The van der Waals surface area contributed by atoms with Crippen LogP contribution < -0.4 is 15.5 Å². The second-order valence-corrected chi connectivity index (χ2v) is 22.3. The van der Waals surface area contributed by atoms with Gasteiger partial charge in [-0.05, 0) is 54.4 Å². The highest BCUT2D eigenvalue weighted by molar-refractivity contribution is 5.72. The predicted octanol–water partition coefficient (Wildman–Crippen LogP) is 3.21. The Morgan fingerprint density at radius 1 is 0.468 bits per heavy atom. The van der Waals surface area contributed by atoms with E-state index in [0.717, 1.165) is 136 Å². The summed E-state index contributed by atoms with van der Waals surface area (Å²) in [5.41, 5.74) is 0. The highest BCUT2D eigenvalue weighted by Gasteiger charge is 2.36. The average molecular weight is 1110 g/mol. The molecule has 5 unspecified atom stereocenters. The van der Waals surface area contributed by atoms with Gasteiger partial charge in [0.1, 0.15) is 85.4 Å². The van der Waals surface area contributed by atoms with Gasteiger partial charge in [-0.1, -0.05) is 49.0 Å². The van der Waals surface area contributed by atoms with E-state index < -0.39 is 0 Å². The van der Waals surface area contributed by atoms with Crippen LogP contribution in [-0.4, -0.2) is 269 Å². The Morgan fingerprint density at radius 2 is 0.831 bits per heavy atom. The largest absolute Gasteiger partial charge is 0.456 e. The number of carbonyl (C=O) groups is 5. The Morgan fingerprint density at radius 3 is 1.22 bits per heavy atom. The number of carbonyl (C=O) groups excluding carboxylic acids is 5. The van der Waals surface area contributed by atoms with Crippen molar-refractivity contribution in [1.82, 2.24) is 10.6 Å². The van der Waals surface area contributed by atoms with Crippen LogP contribution in [0.3, 0.4) is 0 Å². The summed E-state index contributed by atoms with van der Waals surface area (Å²) in [6.07, 6.45) is 3.01. The fraction of sp³-hybridized carbons (Fsp3) is 0.860. The SMILES string of the molecule is C.CC(C)NCC[N+]1(C)CCOC(=O)C1.CC(C)OCC[N+]1(C)CCOC(=O)C1.CC(C)OCC[NH+]1CCOC(=O)C1.CCC[N+]1(CCNC(C)C)CCOC(=O)C1.CCC[N+]1(CCOC(C)C)CCOC(=O)C1.[CH3-].[CH3-].[CH3-]. The number of quaternary nitrogens is 5. The van der Waals surface area contributed by atoms with Crippen LogP contribution in [0.5, 0.6) is 0 Å². The van der Waals surface area contributed by atoms with E-state index in [1.54, 1.807) is 0 Å². The summed E-state index contributed by atoms with van der Waals surface area (Å²) in [7, 11) is 4.19. The number of hydrogen-bond acceptors (Lipinski definition) is 15. The maximum atomic E-state index is 11.4. The molecule has 5 atom stereocenters. The Hall–Kier alpha value is -3.05. The summed E-state index contributed by atoms with van der Waals surface area (Å²) in [6.45, 7) is 45.9. The maximum Gasteiger partial charge on any atom is 0.362 e. The lowest BCUT2D eigenvalue weighted by atomic mass is 10.2. The third-order valence-electron chi connectivity index (χ3n) is 13.3. The molecule has 460 valence electrons. The molecule has 5 fully saturated rings. The fourth-order valence-electron chi connectivity index (χ4n) is 8.96. The van der Waals surface area contributed by atoms with Crippen LogP contribution in [0.4, 0.5) is 0 Å². The van der Waals surface area contributed by atoms with Gasteiger partial charge in [-0.2, -0.15) is 0 Å². The second kappa shape index (κ2) is 43.7. The van der Waals surface area contributed by atoms with Crippen LogP contribution in [0.2, 0.25) is 0 Å². The molecule has 5 heterocycles. The van der Waals surface area contributed by atoms with E-state index in [1.165, 1.54) is 4.90 Å². The molecule has 0 aromatic rings. The van der Waals surface area contributed by atoms with E-state index in [4.69, 9.17) is 37.9 Å². The molecule has 0 amide bonds. The predicted molar refractivity (Wildman–Crippen MR) is 307 cm³/mol. The third-order valence-corrected chi connectivity index (χ3v) is 13.3. The van der Waals surface area contributed by atoms with Gasteiger partial charge in [0.05, 0.1) is 78.4 Å². The normalized spacial score (nSPS) is 24.8. The van der Waals surface area contributed by atoms with Gasteiger partial charge in [-0.3, -0.25) is 0 Å². The van der Waals surface area contributed by atoms with E-state index in [-0.39, 0.29) is 77.9 Å². The van der Waals surface area contributed by atoms with Gasteiger partial charge >= 0.3 is 29.8 Å². The molecule has 5 aliphatic rings. The molecule has 0 bridgehead atoms. The van der Waals surface area contributed by atoms with Gasteiger partial charge in [0.2, 0.25) is 0 Å². The number of nitrogens with zero attached hydrogens (tertiary/aromatic N) is 4. The summed E-state index contributed by atoms with van der Waals surface area (Å²) in [5.74, 6) is -0.356. The summed E-state index contributed by atoms with van der Waals surface area (Å²) < 4.78 is 44.5. The molecule has 20 heteroatoms. The minimum atomic E-state index is -0.0942. The van der Waals surface area contributed by atoms with Crippen molar-refractivity contribution in [2.75, 3.05) is 191 Å². The van der Waals surface area contributed by atoms with Gasteiger partial charge in [0, 0.05) is 25.2 Å². The van der Waals surface area contributed by atoms with Crippen LogP contribution in [0, 0.1) is 22.3 Å². The molecule has 0 radical (unpaired) electrons. The van der Waals surface area contributed by atoms with Crippen molar-refractivity contribution in [2.45, 2.75) is 134 Å². The molecule has 5 saturated heterocycles. The standard InChI is InChI=1S/C12H25N2O2.C12H24NO3.C10H21N2O2.C10H20NO3.C9H17NO3.CH4.3CH3/c1-4-6-14(7-5-13-11(2)3)8-9-16-12(15)10-14;1-4-5-13(6-8-15-11(2)3)7-9-16-12(14)10-13;1-9(2)11-4-5-12(3)6-7-14-10(13)8-12;1-9(2)13-6-4-11(3)5-7-14-10(12)8-11;1-8(2)12-5-3-10-4-6-13-9(11)7-10;;;;/h11,13H,4-10H2,1-3H3;11H,4-10H2,1-3H3;9,11H,4-8H2,1-3H3;9H,4-8H2,1-3H3;8H,3-7H2,1-2H3;1H4;3*1H3/q4*+1;;;3*-1/p+1. The summed E-state index contributed by atoms with van der Waals surface area (Å²) >= 11 is 0. The van der Waals surface area contributed by atoms with E-state index >= 15 is 0 Å². The van der Waals surface area contributed by atoms with E-state index in [2.05, 4.69) is 66.3 Å². The first-order chi connectivity index (χ1) is 34.4. The van der Waals surface area contributed by atoms with Crippen molar-refractivity contribution < 1.29 is 84.7 Å². The summed E-state index contributed by atoms with van der Waals surface area (Å²) in [5, 5.41) is 6.79. The number of esters is 5. The van der Waals surface area contributed by atoms with Crippen molar-refractivity contribution in [2.24, 2.45) is 0 Å². The molecule has 0 aromatic carbocycles. The maximum absolute atomic E-state index is 11.4. The average Bonchev–Trinajstić information content (AvgIpc) is 3.27. The number of likely N-dealkylation sites (N-methyl/N-ethyl adjacent to an activating group) is 2. The molecule has 0 saturated carbocycles. The van der Waals surface area contributed by atoms with Crippen LogP contribution in [0.1, 0.15) is 103 Å². The topological polar surface area (TPSA) is 188 Å². The van der Waals surface area contributed by atoms with E-state index in [0.29, 0.717) is 84.4 Å². The zero-order valence-electron chi connectivity index (χ0n) is 51.5. The van der Waals surface area contributed by atoms with Crippen molar-refractivity contribution in [1.29, 1.82) is 0 Å². The van der Waals surface area contributed by atoms with Crippen LogP contribution in [0.25, 0.3) is 0 Å². The van der Waals surface area contributed by atoms with E-state index in [9.17, 15) is 24.0 Å². The number of ether oxygens (including phenoxy) is 8. The Balaban J connectivity index is -0.000000428. The first kappa shape index (κ1) is 80.4. The lowest BCUT2D eigenvalue weighted by Crippen LogP contribution is -3.15. The van der Waals surface area contributed by atoms with Gasteiger partial charge < -0.3 is 93.6 Å². The number of morpholine rings is 5. The zero-order chi connectivity index (χ0) is 54.9. The number of rotatable bonds is 24. The lowest BCUT2D eigenvalue weighted by molar-refractivity contribution is -0.926. The Kier molecular flexibility index (Phi) is 45.7. The van der Waals surface area contributed by atoms with Gasteiger partial charge in [-0.15, -0.1) is 0 Å². The molecule has 0 aromatic heterocycles. The molecular formula is C57H121N7O13+2. The van der Waals surface area contributed by atoms with Crippen molar-refractivity contribution in [3.05, 3.63) is 22.3 Å². The lowest BCUT2D eigenvalue weighted by Gasteiger charge is -2.40. The number of hydrogen-bond donors (Lipinski definition) is 3. The highest BCUT2D eigenvalue weighted by atomic mass is 16.6. The van der Waals surface area contributed by atoms with Crippen molar-refractivity contribution in [3.8, 4) is 0 Å². The first-order valence-corrected chi connectivity index (χ1v) is 27.7. The fourth-order valence-corrected chi connectivity index (χ4v) is 8.96. The van der Waals surface area contributed by atoms with Crippen LogP contribution >= 0.6 is 0 Å². The molecule has 77 heavy (non-hydrogen) atoms. The highest BCUT2D eigenvalue weighted by Crippen LogP contribution is 2.15. The molecule has 3 N–H and O–H groups in total. The molecule has 0 aliphatic carbocycles. The Bertz CT molecular complexity index is 1460. The van der Waals surface area contributed by atoms with Crippen molar-refractivity contribution in [3.63, 3.8) is 0 Å². The van der Waals surface area contributed by atoms with Crippen molar-refractivity contribution >= 4 is 29.8 Å². The summed E-state index contributed by atoms with van der Waals surface area (Å²) in [4.78, 5) is 57.1. The molecule has 20 nitrogen and oxygen atoms in total. The minimum Gasteiger partial charge on any atom is -0.456 e. The minimum absolute atomic E-state index is 0. The molecule has 5 rings (SSSR count). The van der Waals surface area contributed by atoms with Gasteiger partial charge in [0.15, 0.2) is 32.7 Å². The van der Waals surface area contributed by atoms with Crippen LogP contribution in [-0.2, 0) is 61.9 Å². The molecule has 0 spiro atoms. The Labute approximate surface area is 471 Å². The molecule has 5 aliphatic heterocycles. The van der Waals surface area contributed by atoms with E-state index in [1.807, 2.05) is 41.5 Å². The van der Waals surface area contributed by atoms with Gasteiger partial charge in [-0.25, -0.2) is 24.0 Å². The second-order valence-electron chi connectivity index (χ2n) is 22.3. The zero-order valence-corrected chi connectivity index (χ0v) is 51.5. The monoisotopic (exact) mass is 1110 g/mol. The van der Waals surface area contributed by atoms with Crippen LogP contribution in [0.15, 0.2) is 0 Å². The summed E-state index contributed by atoms with van der Waals surface area (Å²) in [6, 6.07) is 1.02. The first-order valence-electron chi connectivity index (χ1n) is 27.7. The van der Waals surface area contributed by atoms with Gasteiger partial charge in [0.25, 0.3) is 0 Å². The third kappa shape index (κ3) is 39.1.